The molecule has 0 saturated heterocycles. The lowest BCUT2D eigenvalue weighted by Crippen LogP contribution is -2.25. The number of carbonyl (C=O) groups is 1. The number of nitrogens with one attached hydrogen (secondary N) is 1. The third kappa shape index (κ3) is 3.59. The minimum atomic E-state index is -0.232. The number of carbonyl (C=O) groups excluding carboxylic acids is 1. The molecule has 0 radical (unpaired) electrons. The van der Waals surface area contributed by atoms with Gasteiger partial charge in [-0.15, -0.1) is 10.2 Å². The predicted octanol–water partition coefficient (Wildman–Crippen LogP) is 3.90. The third-order valence-electron chi connectivity index (χ3n) is 4.99. The summed E-state index contributed by atoms with van der Waals surface area (Å²) in [6.07, 6.45) is 1.14. The number of nitrogens with zero attached hydrogens (tertiary/aromatic N) is 4. The maximum atomic E-state index is 12.7. The first-order valence-corrected chi connectivity index (χ1v) is 10.1. The van der Waals surface area contributed by atoms with Crippen LogP contribution in [0.15, 0.2) is 30.3 Å². The first kappa shape index (κ1) is 20.2. The van der Waals surface area contributed by atoms with Gasteiger partial charge in [0.25, 0.3) is 0 Å². The van der Waals surface area contributed by atoms with Crippen LogP contribution in [0.3, 0.4) is 0 Å². The number of aromatic nitrogens is 4. The standard InChI is InChI=1S/C21H22ClN5O3/c1-4-10-30-20-13(6-5-7-15(20)29-3)14-11-18(28)23-21-19(14)12(2)26-27(21)17-9-8-16(22)24-25-17/h5-9,14H,4,10-11H2,1-3H3,(H,23,28)/t14-/m0/s1. The Kier molecular flexibility index (Phi) is 5.59. The van der Waals surface area contributed by atoms with Crippen molar-refractivity contribution in [3.8, 4) is 17.3 Å². The largest absolute Gasteiger partial charge is 0.493 e. The Morgan fingerprint density at radius 3 is 2.80 bits per heavy atom. The zero-order chi connectivity index (χ0) is 21.3. The van der Waals surface area contributed by atoms with Crippen molar-refractivity contribution in [2.45, 2.75) is 32.6 Å². The number of hydrogen-bond donors (Lipinski definition) is 1. The Morgan fingerprint density at radius 1 is 1.27 bits per heavy atom. The SMILES string of the molecule is CCCOc1c(OC)cccc1[C@@H]1CC(=O)Nc2c1c(C)nn2-c1ccc(Cl)nn1. The van der Waals surface area contributed by atoms with Gasteiger partial charge in [0.05, 0.1) is 19.4 Å². The van der Waals surface area contributed by atoms with Crippen molar-refractivity contribution in [3.05, 3.63) is 52.3 Å². The number of para-hydroxylation sites is 1. The summed E-state index contributed by atoms with van der Waals surface area (Å²) in [6, 6.07) is 9.08. The van der Waals surface area contributed by atoms with Crippen LogP contribution in [0, 0.1) is 6.92 Å². The van der Waals surface area contributed by atoms with Gasteiger partial charge in [-0.1, -0.05) is 30.7 Å². The number of amides is 1. The van der Waals surface area contributed by atoms with Crippen LogP contribution < -0.4 is 14.8 Å². The van der Waals surface area contributed by atoms with E-state index in [0.29, 0.717) is 29.7 Å². The Morgan fingerprint density at radius 2 is 2.10 bits per heavy atom. The highest BCUT2D eigenvalue weighted by atomic mass is 35.5. The van der Waals surface area contributed by atoms with Crippen molar-refractivity contribution in [2.75, 3.05) is 19.0 Å². The van der Waals surface area contributed by atoms with Gasteiger partial charge in [-0.2, -0.15) is 9.78 Å². The summed E-state index contributed by atoms with van der Waals surface area (Å²) < 4.78 is 13.2. The molecule has 9 heteroatoms. The number of rotatable bonds is 6. The molecule has 0 aliphatic carbocycles. The molecule has 4 rings (SSSR count). The topological polar surface area (TPSA) is 91.2 Å². The number of methoxy groups -OCH3 is 1. The van der Waals surface area contributed by atoms with Crippen LogP contribution >= 0.6 is 11.6 Å². The summed E-state index contributed by atoms with van der Waals surface area (Å²) in [5.41, 5.74) is 2.60. The highest BCUT2D eigenvalue weighted by molar-refractivity contribution is 6.29. The number of ether oxygens (including phenoxy) is 2. The highest BCUT2D eigenvalue weighted by Gasteiger charge is 2.35. The maximum Gasteiger partial charge on any atom is 0.226 e. The van der Waals surface area contributed by atoms with E-state index in [1.807, 2.05) is 32.0 Å². The molecule has 1 amide bonds. The van der Waals surface area contributed by atoms with Crippen LogP contribution in [0.5, 0.6) is 11.5 Å². The van der Waals surface area contributed by atoms with Crippen LogP contribution in [-0.4, -0.2) is 39.6 Å². The van der Waals surface area contributed by atoms with E-state index < -0.39 is 0 Å². The summed E-state index contributed by atoms with van der Waals surface area (Å²) in [4.78, 5) is 12.7. The van der Waals surface area contributed by atoms with E-state index in [4.69, 9.17) is 21.1 Å². The van der Waals surface area contributed by atoms with Crippen LogP contribution in [0.25, 0.3) is 5.82 Å². The quantitative estimate of drug-likeness (QED) is 0.641. The van der Waals surface area contributed by atoms with E-state index in [0.717, 1.165) is 23.2 Å². The zero-order valence-corrected chi connectivity index (χ0v) is 17.7. The summed E-state index contributed by atoms with van der Waals surface area (Å²) >= 11 is 5.86. The van der Waals surface area contributed by atoms with Crippen molar-refractivity contribution in [1.82, 2.24) is 20.0 Å². The molecule has 3 heterocycles. The molecule has 1 aliphatic rings. The van der Waals surface area contributed by atoms with Gasteiger partial charge in [-0.05, 0) is 31.5 Å². The van der Waals surface area contributed by atoms with E-state index in [1.54, 1.807) is 23.9 Å². The van der Waals surface area contributed by atoms with Crippen molar-refractivity contribution in [1.29, 1.82) is 0 Å². The number of fused-ring (bicyclic) bond motifs is 1. The van der Waals surface area contributed by atoms with Crippen LogP contribution in [0.1, 0.15) is 42.5 Å². The Bertz CT molecular complexity index is 1080. The van der Waals surface area contributed by atoms with E-state index in [-0.39, 0.29) is 23.4 Å². The summed E-state index contributed by atoms with van der Waals surface area (Å²) in [5, 5.41) is 15.8. The monoisotopic (exact) mass is 427 g/mol. The molecular formula is C21H22ClN5O3. The highest BCUT2D eigenvalue weighted by Crippen LogP contribution is 2.45. The molecule has 2 aromatic heterocycles. The zero-order valence-electron chi connectivity index (χ0n) is 17.0. The summed E-state index contributed by atoms with van der Waals surface area (Å²) in [6.45, 7) is 4.51. The molecule has 156 valence electrons. The molecule has 1 aliphatic heterocycles. The average Bonchev–Trinajstić information content (AvgIpc) is 3.08. The predicted molar refractivity (Wildman–Crippen MR) is 113 cm³/mol. The Balaban J connectivity index is 1.86. The molecule has 1 atom stereocenters. The molecule has 3 aromatic rings. The fourth-order valence-electron chi connectivity index (χ4n) is 3.73. The number of anilines is 1. The van der Waals surface area contributed by atoms with Gasteiger partial charge in [-0.25, -0.2) is 0 Å². The lowest BCUT2D eigenvalue weighted by Gasteiger charge is -2.26. The first-order chi connectivity index (χ1) is 14.5. The van der Waals surface area contributed by atoms with E-state index >= 15 is 0 Å². The minimum absolute atomic E-state index is 0.111. The Hall–Kier alpha value is -3.13. The summed E-state index contributed by atoms with van der Waals surface area (Å²) in [7, 11) is 1.61. The summed E-state index contributed by atoms with van der Waals surface area (Å²) in [5.74, 6) is 2.00. The molecule has 0 fully saturated rings. The molecule has 1 N–H and O–H groups in total. The van der Waals surface area contributed by atoms with E-state index in [9.17, 15) is 4.79 Å². The number of benzene rings is 1. The fourth-order valence-corrected chi connectivity index (χ4v) is 3.83. The van der Waals surface area contributed by atoms with Crippen LogP contribution in [0.4, 0.5) is 5.82 Å². The fraction of sp³-hybridized carbons (Fsp3) is 0.333. The first-order valence-electron chi connectivity index (χ1n) is 9.72. The van der Waals surface area contributed by atoms with Crippen LogP contribution in [0.2, 0.25) is 5.15 Å². The molecule has 0 bridgehead atoms. The van der Waals surface area contributed by atoms with Gasteiger partial charge in [-0.3, -0.25) is 4.79 Å². The smallest absolute Gasteiger partial charge is 0.226 e. The number of aryl methyl sites for hydroxylation is 1. The molecular weight excluding hydrogens is 406 g/mol. The van der Waals surface area contributed by atoms with Gasteiger partial charge >= 0.3 is 0 Å². The average molecular weight is 428 g/mol. The molecule has 0 saturated carbocycles. The normalized spacial score (nSPS) is 15.5. The van der Waals surface area contributed by atoms with Crippen molar-refractivity contribution in [3.63, 3.8) is 0 Å². The number of halogens is 1. The number of hydrogen-bond acceptors (Lipinski definition) is 6. The van der Waals surface area contributed by atoms with Gasteiger partial charge in [0.1, 0.15) is 5.82 Å². The molecule has 0 unspecified atom stereocenters. The lowest BCUT2D eigenvalue weighted by atomic mass is 9.85. The molecule has 8 nitrogen and oxygen atoms in total. The van der Waals surface area contributed by atoms with Gasteiger partial charge in [0.2, 0.25) is 5.91 Å². The van der Waals surface area contributed by atoms with E-state index in [2.05, 4.69) is 20.6 Å². The second-order valence-electron chi connectivity index (χ2n) is 7.01. The third-order valence-corrected chi connectivity index (χ3v) is 5.19. The van der Waals surface area contributed by atoms with Gasteiger partial charge in [0.15, 0.2) is 22.5 Å². The second-order valence-corrected chi connectivity index (χ2v) is 7.39. The van der Waals surface area contributed by atoms with E-state index in [1.165, 1.54) is 0 Å². The van der Waals surface area contributed by atoms with Crippen molar-refractivity contribution in [2.24, 2.45) is 0 Å². The maximum absolute atomic E-state index is 12.7. The lowest BCUT2D eigenvalue weighted by molar-refractivity contribution is -0.116. The molecule has 0 spiro atoms. The van der Waals surface area contributed by atoms with Crippen LogP contribution in [-0.2, 0) is 4.79 Å². The van der Waals surface area contributed by atoms with Gasteiger partial charge < -0.3 is 14.8 Å². The molecule has 30 heavy (non-hydrogen) atoms. The van der Waals surface area contributed by atoms with Gasteiger partial charge in [0, 0.05) is 23.5 Å². The minimum Gasteiger partial charge on any atom is -0.493 e. The van der Waals surface area contributed by atoms with Crippen molar-refractivity contribution >= 4 is 23.3 Å². The van der Waals surface area contributed by atoms with Crippen molar-refractivity contribution < 1.29 is 14.3 Å². The Labute approximate surface area is 179 Å². The second kappa shape index (κ2) is 8.31. The molecule has 1 aromatic carbocycles.